The van der Waals surface area contributed by atoms with Gasteiger partial charge in [0.1, 0.15) is 18.3 Å². The number of allylic oxidation sites excluding steroid dienone is 13. The Kier molecular flexibility index (Phi) is 23.2. The Morgan fingerprint density at radius 2 is 0.939 bits per heavy atom. The van der Waals surface area contributed by atoms with Gasteiger partial charge >= 0.3 is 7.82 Å². The van der Waals surface area contributed by atoms with Crippen LogP contribution in [0.1, 0.15) is 132 Å². The van der Waals surface area contributed by atoms with E-state index in [1.165, 1.54) is 33.4 Å². The second kappa shape index (κ2) is 25.1. The van der Waals surface area contributed by atoms with E-state index < -0.39 is 39.0 Å². The van der Waals surface area contributed by atoms with E-state index in [4.69, 9.17) is 18.9 Å². The van der Waals surface area contributed by atoms with E-state index in [0.717, 1.165) is 82.6 Å². The van der Waals surface area contributed by atoms with E-state index in [0.29, 0.717) is 0 Å². The second-order valence-electron chi connectivity index (χ2n) is 13.9. The van der Waals surface area contributed by atoms with Gasteiger partial charge in [-0.1, -0.05) is 81.5 Å². The van der Waals surface area contributed by atoms with E-state index in [9.17, 15) is 19.7 Å². The molecule has 280 valence electrons. The lowest BCUT2D eigenvalue weighted by Crippen LogP contribution is -2.34. The summed E-state index contributed by atoms with van der Waals surface area (Å²) in [6.45, 7) is 16.7. The van der Waals surface area contributed by atoms with E-state index in [1.54, 1.807) is 6.08 Å². The van der Waals surface area contributed by atoms with E-state index in [-0.39, 0.29) is 6.61 Å². The molecule has 5 atom stereocenters. The Hall–Kier alpha value is -1.87. The van der Waals surface area contributed by atoms with Crippen LogP contribution in [0.5, 0.6) is 0 Å². The van der Waals surface area contributed by atoms with E-state index in [2.05, 4.69) is 84.9 Å². The zero-order chi connectivity index (χ0) is 36.8. The molecule has 1 heterocycles. The second-order valence-corrected chi connectivity index (χ2v) is 15.3. The Morgan fingerprint density at radius 1 is 0.592 bits per heavy atom. The van der Waals surface area contributed by atoms with Crippen LogP contribution in [0, 0.1) is 0 Å². The molecule has 0 radical (unpaired) electrons. The van der Waals surface area contributed by atoms with Crippen molar-refractivity contribution in [3.63, 3.8) is 0 Å². The highest BCUT2D eigenvalue weighted by molar-refractivity contribution is 7.47. The normalized spacial score (nSPS) is 22.9. The van der Waals surface area contributed by atoms with Crippen LogP contribution in [0.4, 0.5) is 0 Å². The average molecular weight is 707 g/mol. The Bertz CT molecular complexity index is 1230. The zero-order valence-electron chi connectivity index (χ0n) is 31.6. The summed E-state index contributed by atoms with van der Waals surface area (Å²) in [6.07, 6.45) is 22.8. The van der Waals surface area contributed by atoms with Gasteiger partial charge in [0, 0.05) is 0 Å². The molecule has 1 fully saturated rings. The molecular weight excluding hydrogens is 639 g/mol. The third-order valence-corrected chi connectivity index (χ3v) is 9.60. The van der Waals surface area contributed by atoms with Crippen LogP contribution in [-0.4, -0.2) is 58.0 Å². The van der Waals surface area contributed by atoms with Gasteiger partial charge in [0.25, 0.3) is 0 Å². The number of hydrogen-bond acceptors (Lipinski definition) is 7. The molecule has 1 rings (SSSR count). The van der Waals surface area contributed by atoms with Crippen LogP contribution >= 0.6 is 7.82 Å². The molecule has 1 aliphatic heterocycles. The van der Waals surface area contributed by atoms with Crippen molar-refractivity contribution in [1.29, 1.82) is 0 Å². The van der Waals surface area contributed by atoms with Gasteiger partial charge in [-0.15, -0.1) is 0 Å². The Balaban J connectivity index is 2.27. The topological polar surface area (TPSA) is 126 Å². The number of phosphoric acid groups is 1. The molecule has 0 saturated carbocycles. The molecule has 1 aliphatic rings. The maximum absolute atomic E-state index is 12.2. The number of aliphatic hydroxyl groups excluding tert-OH is 3. The summed E-state index contributed by atoms with van der Waals surface area (Å²) >= 11 is 0. The summed E-state index contributed by atoms with van der Waals surface area (Å²) in [5.74, 6) is 0. The van der Waals surface area contributed by atoms with Gasteiger partial charge in [0.2, 0.25) is 0 Å². The molecule has 49 heavy (non-hydrogen) atoms. The fourth-order valence-corrected chi connectivity index (χ4v) is 6.08. The largest absolute Gasteiger partial charge is 0.474 e. The number of hydrogen-bond donors (Lipinski definition) is 4. The lowest BCUT2D eigenvalue weighted by molar-refractivity contribution is -0.127. The summed E-state index contributed by atoms with van der Waals surface area (Å²) in [4.78, 5) is 9.93. The molecule has 0 aromatic heterocycles. The molecule has 1 saturated heterocycles. The van der Waals surface area contributed by atoms with Crippen molar-refractivity contribution in [2.24, 2.45) is 0 Å². The first-order valence-electron chi connectivity index (χ1n) is 18.0. The van der Waals surface area contributed by atoms with Gasteiger partial charge in [-0.25, -0.2) is 4.57 Å². The van der Waals surface area contributed by atoms with Crippen LogP contribution in [0.2, 0.25) is 0 Å². The van der Waals surface area contributed by atoms with Crippen molar-refractivity contribution in [3.8, 4) is 0 Å². The number of ether oxygens (including phenoxy) is 1. The van der Waals surface area contributed by atoms with Crippen molar-refractivity contribution < 1.29 is 38.6 Å². The molecule has 0 bridgehead atoms. The van der Waals surface area contributed by atoms with Crippen LogP contribution in [0.15, 0.2) is 81.5 Å². The van der Waals surface area contributed by atoms with Crippen molar-refractivity contribution in [3.05, 3.63) is 81.5 Å². The first-order chi connectivity index (χ1) is 23.1. The lowest BCUT2D eigenvalue weighted by atomic mass is 10.0. The van der Waals surface area contributed by atoms with Gasteiger partial charge in [-0.3, -0.25) is 9.05 Å². The number of rotatable bonds is 24. The van der Waals surface area contributed by atoms with Gasteiger partial charge in [0.15, 0.2) is 6.29 Å². The third kappa shape index (κ3) is 21.8. The zero-order valence-corrected chi connectivity index (χ0v) is 32.5. The summed E-state index contributed by atoms with van der Waals surface area (Å²) < 4.78 is 27.1. The fraction of sp³-hybridized carbons (Fsp3) is 0.650. The molecule has 0 spiro atoms. The first kappa shape index (κ1) is 45.2. The summed E-state index contributed by atoms with van der Waals surface area (Å²) in [6, 6.07) is 0. The molecule has 0 aliphatic carbocycles. The Morgan fingerprint density at radius 3 is 1.27 bits per heavy atom. The maximum Gasteiger partial charge on any atom is 0.474 e. The smallest absolute Gasteiger partial charge is 0.394 e. The molecule has 0 amide bonds. The highest BCUT2D eigenvalue weighted by Gasteiger charge is 2.46. The van der Waals surface area contributed by atoms with Crippen LogP contribution < -0.4 is 0 Å². The quantitative estimate of drug-likeness (QED) is 0.0578. The predicted molar refractivity (Wildman–Crippen MR) is 202 cm³/mol. The van der Waals surface area contributed by atoms with Crippen LogP contribution in [0.25, 0.3) is 0 Å². The number of aliphatic hydroxyl groups is 3. The van der Waals surface area contributed by atoms with Gasteiger partial charge in [0.05, 0.1) is 13.2 Å². The van der Waals surface area contributed by atoms with Gasteiger partial charge in [-0.05, 0) is 132 Å². The first-order valence-corrected chi connectivity index (χ1v) is 19.5. The van der Waals surface area contributed by atoms with Crippen molar-refractivity contribution >= 4 is 7.82 Å². The standard InChI is InChI=1S/C40H67O8P/c1-30(2)15-9-16-31(3)17-10-18-32(4)19-11-20-33(5)21-12-22-34(6)23-13-24-35(7)25-14-26-36(8)27-28-46-49(44,45)48-40-39(43)38(42)37(29-41)47-40/h15,17,19,21,23,25,27,37-43H,9-14,16,18,20,22,24,26,28-29H2,1-8H3,(H,44,45)/b31-17+,32-19+,33-21+,34-23+,35-25+,36-27+/t37-,38-,39+,40+/m1/s1. The van der Waals surface area contributed by atoms with E-state index >= 15 is 0 Å². The van der Waals surface area contributed by atoms with Gasteiger partial charge in [-0.2, -0.15) is 0 Å². The van der Waals surface area contributed by atoms with Crippen molar-refractivity contribution in [2.45, 2.75) is 157 Å². The van der Waals surface area contributed by atoms with E-state index in [1.807, 2.05) is 6.92 Å². The van der Waals surface area contributed by atoms with Crippen molar-refractivity contribution in [2.75, 3.05) is 13.2 Å². The molecule has 0 aromatic carbocycles. The summed E-state index contributed by atoms with van der Waals surface area (Å²) in [5.41, 5.74) is 9.62. The highest BCUT2D eigenvalue weighted by Crippen LogP contribution is 2.46. The SMILES string of the molecule is CC(C)=CCC/C(C)=C/CC/C(C)=C/CC/C(C)=C/CC/C(C)=C/CC/C(C)=C/CC/C(C)=C/COP(=O)(O)O[C@@H]1O[C@H](CO)[C@@H](O)[C@@H]1O. The third-order valence-electron chi connectivity index (χ3n) is 8.65. The monoisotopic (exact) mass is 706 g/mol. The fourth-order valence-electron chi connectivity index (χ4n) is 5.32. The Labute approximate surface area is 297 Å². The molecule has 4 N–H and O–H groups in total. The van der Waals surface area contributed by atoms with Crippen LogP contribution in [0.3, 0.4) is 0 Å². The molecule has 9 heteroatoms. The average Bonchev–Trinajstić information content (AvgIpc) is 3.28. The molecule has 8 nitrogen and oxygen atoms in total. The molecule has 0 aromatic rings. The predicted octanol–water partition coefficient (Wildman–Crippen LogP) is 9.88. The minimum absolute atomic E-state index is 0.151. The minimum Gasteiger partial charge on any atom is -0.394 e. The maximum atomic E-state index is 12.2. The summed E-state index contributed by atoms with van der Waals surface area (Å²) in [7, 11) is -4.54. The lowest BCUT2D eigenvalue weighted by Gasteiger charge is -2.18. The highest BCUT2D eigenvalue weighted by atomic mass is 31.2. The van der Waals surface area contributed by atoms with Crippen molar-refractivity contribution in [1.82, 2.24) is 0 Å². The molecule has 1 unspecified atom stereocenters. The van der Waals surface area contributed by atoms with Crippen LogP contribution in [-0.2, 0) is 18.3 Å². The summed E-state index contributed by atoms with van der Waals surface area (Å²) in [5, 5.41) is 28.7. The van der Waals surface area contributed by atoms with Gasteiger partial charge < -0.3 is 24.9 Å². The minimum atomic E-state index is -4.54. The number of phosphoric ester groups is 1. The molecular formula is C40H67O8P.